The molecule has 31 heavy (non-hydrogen) atoms. The van der Waals surface area contributed by atoms with Gasteiger partial charge in [0.25, 0.3) is 0 Å². The second-order valence-corrected chi connectivity index (χ2v) is 9.78. The molecule has 4 amide bonds. The summed E-state index contributed by atoms with van der Waals surface area (Å²) in [6, 6.07) is 5.19. The maximum absolute atomic E-state index is 12.4. The maximum atomic E-state index is 12.4. The van der Waals surface area contributed by atoms with Crippen molar-refractivity contribution < 1.29 is 9.59 Å². The van der Waals surface area contributed by atoms with Crippen LogP contribution in [0, 0.1) is 42.4 Å². The molecule has 0 spiro atoms. The van der Waals surface area contributed by atoms with E-state index in [-0.39, 0.29) is 12.1 Å². The third-order valence-corrected chi connectivity index (χ3v) is 7.63. The summed E-state index contributed by atoms with van der Waals surface area (Å²) >= 11 is 0. The largest absolute Gasteiger partial charge is 0.338 e. The predicted molar refractivity (Wildman–Crippen MR) is 123 cm³/mol. The van der Waals surface area contributed by atoms with Gasteiger partial charge < -0.3 is 21.3 Å². The highest BCUT2D eigenvalue weighted by Gasteiger charge is 2.36. The van der Waals surface area contributed by atoms with Crippen LogP contribution >= 0.6 is 0 Å². The first-order valence-electron chi connectivity index (χ1n) is 11.6. The Morgan fingerprint density at radius 3 is 1.90 bits per heavy atom. The Hall–Kier alpha value is -2.76. The molecule has 1 aromatic rings. The van der Waals surface area contributed by atoms with Gasteiger partial charge in [-0.15, -0.1) is 0 Å². The predicted octanol–water partition coefficient (Wildman–Crippen LogP) is 4.66. The van der Waals surface area contributed by atoms with Crippen molar-refractivity contribution in [2.45, 2.75) is 32.6 Å². The van der Waals surface area contributed by atoms with Crippen molar-refractivity contribution in [3.8, 4) is 0 Å². The third-order valence-electron chi connectivity index (χ3n) is 7.63. The monoisotopic (exact) mass is 420 g/mol. The van der Waals surface area contributed by atoms with Gasteiger partial charge in [-0.3, -0.25) is 0 Å². The average molecular weight is 421 g/mol. The van der Waals surface area contributed by atoms with Gasteiger partial charge in [-0.2, -0.15) is 0 Å². The zero-order valence-electron chi connectivity index (χ0n) is 18.1. The van der Waals surface area contributed by atoms with Gasteiger partial charge in [0.1, 0.15) is 0 Å². The number of hydrogen-bond acceptors (Lipinski definition) is 2. The molecule has 0 radical (unpaired) electrons. The number of nitrogens with one attached hydrogen (secondary N) is 4. The number of amides is 4. The summed E-state index contributed by atoms with van der Waals surface area (Å²) in [4.78, 5) is 24.8. The molecule has 1 aromatic carbocycles. The fraction of sp³-hybridized carbons (Fsp3) is 0.520. The molecule has 2 saturated carbocycles. The minimum absolute atomic E-state index is 0.194. The van der Waals surface area contributed by atoms with E-state index in [0.29, 0.717) is 60.0 Å². The number of carbonyl (C=O) groups excluding carboxylic acids is 2. The molecule has 0 aromatic heterocycles. The summed E-state index contributed by atoms with van der Waals surface area (Å²) < 4.78 is 0. The van der Waals surface area contributed by atoms with Crippen LogP contribution in [0.2, 0.25) is 0 Å². The summed E-state index contributed by atoms with van der Waals surface area (Å²) in [5.74, 6) is 3.74. The van der Waals surface area contributed by atoms with Crippen LogP contribution in [0.5, 0.6) is 0 Å². The molecule has 6 atom stereocenters. The van der Waals surface area contributed by atoms with Crippen molar-refractivity contribution in [1.82, 2.24) is 10.6 Å². The molecule has 0 aliphatic heterocycles. The van der Waals surface area contributed by atoms with Gasteiger partial charge in [-0.1, -0.05) is 30.4 Å². The van der Waals surface area contributed by atoms with E-state index < -0.39 is 0 Å². The number of benzene rings is 1. The number of anilines is 2. The van der Waals surface area contributed by atoms with E-state index in [1.807, 2.05) is 25.1 Å². The standard InChI is InChI=1S/C25H32N4O2/c1-15-2-7-22(28-24(30)26-13-20-10-16-3-5-18(20)8-16)12-23(15)29-25(31)27-14-21-11-17-4-6-19(21)9-17/h2-7,12,16-21H,8-11,13-14H2,1H3,(H2,26,28,30)(H2,27,29,31)/t16-,17-,18-,19-,20+,21+/m1/s1. The van der Waals surface area contributed by atoms with Crippen LogP contribution in [0.3, 0.4) is 0 Å². The molecule has 4 aliphatic carbocycles. The Balaban J connectivity index is 1.10. The van der Waals surface area contributed by atoms with Crippen molar-refractivity contribution in [1.29, 1.82) is 0 Å². The van der Waals surface area contributed by atoms with Crippen molar-refractivity contribution in [2.75, 3.05) is 23.7 Å². The fourth-order valence-corrected chi connectivity index (χ4v) is 5.88. The van der Waals surface area contributed by atoms with E-state index in [9.17, 15) is 9.59 Å². The van der Waals surface area contributed by atoms with Crippen LogP contribution in [-0.4, -0.2) is 25.2 Å². The van der Waals surface area contributed by atoms with Crippen molar-refractivity contribution in [2.24, 2.45) is 35.5 Å². The van der Waals surface area contributed by atoms with E-state index >= 15 is 0 Å². The zero-order valence-corrected chi connectivity index (χ0v) is 18.1. The van der Waals surface area contributed by atoms with Gasteiger partial charge in [0.2, 0.25) is 0 Å². The van der Waals surface area contributed by atoms with Crippen LogP contribution in [0.25, 0.3) is 0 Å². The SMILES string of the molecule is Cc1ccc(NC(=O)NC[C@@H]2C[C@@H]3C=C[C@@H]2C3)cc1NC(=O)NC[C@@H]1C[C@@H]2C=C[C@@H]1C2. The molecule has 164 valence electrons. The molecular weight excluding hydrogens is 388 g/mol. The first-order chi connectivity index (χ1) is 15.0. The lowest BCUT2D eigenvalue weighted by Gasteiger charge is -2.19. The van der Waals surface area contributed by atoms with Crippen molar-refractivity contribution >= 4 is 23.4 Å². The highest BCUT2D eigenvalue weighted by atomic mass is 16.2. The molecule has 6 heteroatoms. The van der Waals surface area contributed by atoms with Crippen LogP contribution in [0.15, 0.2) is 42.5 Å². The topological polar surface area (TPSA) is 82.3 Å². The average Bonchev–Trinajstić information content (AvgIpc) is 3.55. The number of rotatable bonds is 6. The van der Waals surface area contributed by atoms with Crippen LogP contribution in [-0.2, 0) is 0 Å². The fourth-order valence-electron chi connectivity index (χ4n) is 5.88. The third kappa shape index (κ3) is 4.48. The molecule has 6 nitrogen and oxygen atoms in total. The molecule has 4 aliphatic rings. The summed E-state index contributed by atoms with van der Waals surface area (Å²) in [6.07, 6.45) is 14.1. The van der Waals surface area contributed by atoms with E-state index in [0.717, 1.165) is 5.56 Å². The Morgan fingerprint density at radius 1 is 0.806 bits per heavy atom. The summed E-state index contributed by atoms with van der Waals surface area (Å²) in [6.45, 7) is 3.35. The number of urea groups is 2. The van der Waals surface area contributed by atoms with Gasteiger partial charge in [0.05, 0.1) is 0 Å². The van der Waals surface area contributed by atoms with Gasteiger partial charge in [-0.25, -0.2) is 9.59 Å². The minimum Gasteiger partial charge on any atom is -0.338 e. The summed E-state index contributed by atoms with van der Waals surface area (Å²) in [7, 11) is 0. The van der Waals surface area contributed by atoms with E-state index in [2.05, 4.69) is 45.6 Å². The smallest absolute Gasteiger partial charge is 0.319 e. The number of fused-ring (bicyclic) bond motifs is 4. The lowest BCUT2D eigenvalue weighted by Crippen LogP contribution is -2.35. The molecule has 4 bridgehead atoms. The first kappa shape index (κ1) is 20.2. The zero-order chi connectivity index (χ0) is 21.4. The molecule has 0 unspecified atom stereocenters. The quantitative estimate of drug-likeness (QED) is 0.505. The first-order valence-corrected chi connectivity index (χ1v) is 11.6. The lowest BCUT2D eigenvalue weighted by atomic mass is 9.94. The Morgan fingerprint density at radius 2 is 1.39 bits per heavy atom. The van der Waals surface area contributed by atoms with Crippen LogP contribution in [0.4, 0.5) is 21.0 Å². The minimum atomic E-state index is -0.199. The second-order valence-electron chi connectivity index (χ2n) is 9.78. The lowest BCUT2D eigenvalue weighted by molar-refractivity contribution is 0.248. The molecule has 5 rings (SSSR count). The van der Waals surface area contributed by atoms with Crippen molar-refractivity contribution in [3.05, 3.63) is 48.1 Å². The molecule has 0 saturated heterocycles. The number of aryl methyl sites for hydroxylation is 1. The normalized spacial score (nSPS) is 31.8. The number of allylic oxidation sites excluding steroid dienone is 4. The van der Waals surface area contributed by atoms with E-state index in [1.165, 1.54) is 25.7 Å². The summed E-state index contributed by atoms with van der Waals surface area (Å²) in [5.41, 5.74) is 2.34. The van der Waals surface area contributed by atoms with Gasteiger partial charge >= 0.3 is 12.1 Å². The Kier molecular flexibility index (Phi) is 5.47. The van der Waals surface area contributed by atoms with Gasteiger partial charge in [0, 0.05) is 24.5 Å². The second kappa shape index (κ2) is 8.40. The highest BCUT2D eigenvalue weighted by Crippen LogP contribution is 2.43. The number of hydrogen-bond donors (Lipinski definition) is 4. The van der Waals surface area contributed by atoms with Gasteiger partial charge in [-0.05, 0) is 85.8 Å². The molecular formula is C25H32N4O2. The number of carbonyl (C=O) groups is 2. The summed E-state index contributed by atoms with van der Waals surface area (Å²) in [5, 5.41) is 11.9. The Bertz CT molecular complexity index is 924. The van der Waals surface area contributed by atoms with Crippen LogP contribution < -0.4 is 21.3 Å². The molecule has 0 heterocycles. The van der Waals surface area contributed by atoms with E-state index in [1.54, 1.807) is 0 Å². The Labute approximate surface area is 183 Å². The van der Waals surface area contributed by atoms with Crippen molar-refractivity contribution in [3.63, 3.8) is 0 Å². The van der Waals surface area contributed by atoms with Gasteiger partial charge in [0.15, 0.2) is 0 Å². The van der Waals surface area contributed by atoms with Crippen LogP contribution in [0.1, 0.15) is 31.2 Å². The molecule has 4 N–H and O–H groups in total. The maximum Gasteiger partial charge on any atom is 0.319 e. The molecule has 2 fully saturated rings. The highest BCUT2D eigenvalue weighted by molar-refractivity contribution is 5.93. The van der Waals surface area contributed by atoms with E-state index in [4.69, 9.17) is 0 Å².